The Balaban J connectivity index is 1.50. The highest BCUT2D eigenvalue weighted by molar-refractivity contribution is 6.00. The first-order valence-electron chi connectivity index (χ1n) is 9.11. The lowest BCUT2D eigenvalue weighted by Gasteiger charge is -2.12. The van der Waals surface area contributed by atoms with Crippen molar-refractivity contribution in [1.82, 2.24) is 10.2 Å². The molecule has 0 saturated heterocycles. The van der Waals surface area contributed by atoms with Crippen LogP contribution in [0, 0.1) is 11.6 Å². The first kappa shape index (κ1) is 21.1. The van der Waals surface area contributed by atoms with Crippen LogP contribution in [-0.2, 0) is 6.18 Å². The van der Waals surface area contributed by atoms with Gasteiger partial charge in [0.05, 0.1) is 11.3 Å². The van der Waals surface area contributed by atoms with Gasteiger partial charge in [-0.15, -0.1) is 0 Å². The van der Waals surface area contributed by atoms with E-state index in [1.807, 2.05) is 5.32 Å². The summed E-state index contributed by atoms with van der Waals surface area (Å²) < 4.78 is 66.9. The second-order valence-corrected chi connectivity index (χ2v) is 6.81. The number of amides is 2. The Labute approximate surface area is 177 Å². The van der Waals surface area contributed by atoms with E-state index in [-0.39, 0.29) is 22.6 Å². The van der Waals surface area contributed by atoms with E-state index in [4.69, 9.17) is 5.73 Å². The predicted molar refractivity (Wildman–Crippen MR) is 110 cm³/mol. The fraction of sp³-hybridized carbons (Fsp3) is 0.0476. The van der Waals surface area contributed by atoms with Crippen LogP contribution in [0.4, 0.5) is 43.9 Å². The molecule has 0 atom stereocenters. The number of fused-ring (bicyclic) bond motifs is 1. The van der Waals surface area contributed by atoms with Gasteiger partial charge in [-0.1, -0.05) is 18.2 Å². The molecule has 164 valence electrons. The Bertz CT molecular complexity index is 1310. The Morgan fingerprint density at radius 2 is 1.69 bits per heavy atom. The molecule has 1 heterocycles. The Kier molecular flexibility index (Phi) is 5.17. The number of benzene rings is 3. The lowest BCUT2D eigenvalue weighted by molar-refractivity contribution is -0.137. The number of hydrogen-bond acceptors (Lipinski definition) is 3. The summed E-state index contributed by atoms with van der Waals surface area (Å²) in [6.07, 6.45) is -4.68. The summed E-state index contributed by atoms with van der Waals surface area (Å²) in [6, 6.07) is 9.89. The molecule has 3 aromatic carbocycles. The smallest absolute Gasteiger partial charge is 0.382 e. The number of nitrogen functional groups attached to an aromatic ring is 1. The van der Waals surface area contributed by atoms with Crippen molar-refractivity contribution < 1.29 is 26.7 Å². The summed E-state index contributed by atoms with van der Waals surface area (Å²) in [5, 5.41) is 11.2. The van der Waals surface area contributed by atoms with Crippen molar-refractivity contribution in [1.29, 1.82) is 0 Å². The Hall–Kier alpha value is -4.15. The molecule has 0 unspecified atom stereocenters. The van der Waals surface area contributed by atoms with Crippen LogP contribution in [0.3, 0.4) is 0 Å². The predicted octanol–water partition coefficient (Wildman–Crippen LogP) is 5.75. The number of carbonyl (C=O) groups is 1. The number of H-pyrrole nitrogens is 1. The van der Waals surface area contributed by atoms with E-state index in [1.54, 1.807) is 6.07 Å². The van der Waals surface area contributed by atoms with Gasteiger partial charge in [0, 0.05) is 16.6 Å². The molecule has 0 radical (unpaired) electrons. The van der Waals surface area contributed by atoms with Gasteiger partial charge in [0.15, 0.2) is 11.6 Å². The molecule has 0 aliphatic carbocycles. The molecule has 4 aromatic rings. The second-order valence-electron chi connectivity index (χ2n) is 6.81. The maximum absolute atomic E-state index is 14.8. The lowest BCUT2D eigenvalue weighted by Crippen LogP contribution is -2.20. The zero-order valence-electron chi connectivity index (χ0n) is 16.0. The average molecular weight is 447 g/mol. The largest absolute Gasteiger partial charge is 0.416 e. The summed E-state index contributed by atoms with van der Waals surface area (Å²) in [7, 11) is 0. The zero-order chi connectivity index (χ0) is 23.0. The Morgan fingerprint density at radius 3 is 2.38 bits per heavy atom. The number of nitrogens with zero attached hydrogens (tertiary/aromatic N) is 1. The van der Waals surface area contributed by atoms with Crippen LogP contribution in [0.15, 0.2) is 54.6 Å². The molecule has 11 heteroatoms. The lowest BCUT2D eigenvalue weighted by atomic mass is 10.0. The summed E-state index contributed by atoms with van der Waals surface area (Å²) >= 11 is 0. The molecule has 32 heavy (non-hydrogen) atoms. The third-order valence-corrected chi connectivity index (χ3v) is 4.70. The Morgan fingerprint density at radius 1 is 0.969 bits per heavy atom. The maximum Gasteiger partial charge on any atom is 0.416 e. The van der Waals surface area contributed by atoms with Crippen molar-refractivity contribution in [2.75, 3.05) is 16.4 Å². The first-order chi connectivity index (χ1) is 15.1. The minimum absolute atomic E-state index is 0.157. The van der Waals surface area contributed by atoms with Gasteiger partial charge in [0.25, 0.3) is 0 Å². The van der Waals surface area contributed by atoms with Crippen LogP contribution < -0.4 is 16.4 Å². The van der Waals surface area contributed by atoms with E-state index in [0.717, 1.165) is 0 Å². The van der Waals surface area contributed by atoms with Crippen molar-refractivity contribution >= 4 is 34.1 Å². The van der Waals surface area contributed by atoms with Crippen LogP contribution >= 0.6 is 0 Å². The van der Waals surface area contributed by atoms with E-state index < -0.39 is 35.1 Å². The van der Waals surface area contributed by atoms with Crippen molar-refractivity contribution in [3.8, 4) is 11.1 Å². The van der Waals surface area contributed by atoms with Crippen molar-refractivity contribution in [3.05, 3.63) is 71.8 Å². The van der Waals surface area contributed by atoms with Crippen molar-refractivity contribution in [3.63, 3.8) is 0 Å². The number of nitrogens with two attached hydrogens (primary N) is 1. The van der Waals surface area contributed by atoms with Crippen LogP contribution in [0.2, 0.25) is 0 Å². The second kappa shape index (κ2) is 7.84. The fourth-order valence-corrected chi connectivity index (χ4v) is 3.11. The molecule has 0 saturated carbocycles. The van der Waals surface area contributed by atoms with Crippen LogP contribution in [-0.4, -0.2) is 16.2 Å². The van der Waals surface area contributed by atoms with E-state index in [0.29, 0.717) is 29.1 Å². The molecule has 4 rings (SSSR count). The van der Waals surface area contributed by atoms with Gasteiger partial charge in [0.1, 0.15) is 11.3 Å². The number of alkyl halides is 3. The molecule has 0 spiro atoms. The highest BCUT2D eigenvalue weighted by Crippen LogP contribution is 2.32. The standard InChI is InChI=1S/C21H14F5N5O/c22-15-8-3-11(21(24,25)26)9-16(15)29-20(32)28-12-4-1-10(2-5-12)13-6-7-14-18(17(13)23)30-31-19(14)27/h1-9H,(H3,27,30,31)(H2,28,29,32). The van der Waals surface area contributed by atoms with Crippen molar-refractivity contribution in [2.24, 2.45) is 0 Å². The van der Waals surface area contributed by atoms with Crippen LogP contribution in [0.25, 0.3) is 22.0 Å². The topological polar surface area (TPSA) is 95.8 Å². The number of nitrogens with one attached hydrogen (secondary N) is 3. The average Bonchev–Trinajstić information content (AvgIpc) is 3.11. The van der Waals surface area contributed by atoms with Gasteiger partial charge in [-0.2, -0.15) is 18.3 Å². The SMILES string of the molecule is Nc1n[nH]c2c(F)c(-c3ccc(NC(=O)Nc4cc(C(F)(F)F)ccc4F)cc3)ccc12. The number of hydrogen-bond donors (Lipinski definition) is 4. The quantitative estimate of drug-likeness (QED) is 0.301. The number of rotatable bonds is 3. The molecular weight excluding hydrogens is 433 g/mol. The number of anilines is 3. The molecule has 0 aliphatic rings. The van der Waals surface area contributed by atoms with E-state index >= 15 is 0 Å². The third kappa shape index (κ3) is 4.04. The molecule has 6 nitrogen and oxygen atoms in total. The summed E-state index contributed by atoms with van der Waals surface area (Å²) in [5.74, 6) is -1.40. The van der Waals surface area contributed by atoms with Gasteiger partial charge in [-0.3, -0.25) is 5.10 Å². The minimum Gasteiger partial charge on any atom is -0.382 e. The van der Waals surface area contributed by atoms with Crippen LogP contribution in [0.1, 0.15) is 5.56 Å². The van der Waals surface area contributed by atoms with E-state index in [9.17, 15) is 26.7 Å². The van der Waals surface area contributed by atoms with Gasteiger partial charge in [0.2, 0.25) is 0 Å². The summed E-state index contributed by atoms with van der Waals surface area (Å²) in [6.45, 7) is 0. The third-order valence-electron chi connectivity index (χ3n) is 4.70. The number of halogens is 5. The summed E-state index contributed by atoms with van der Waals surface area (Å²) in [4.78, 5) is 12.1. The number of aromatic nitrogens is 2. The van der Waals surface area contributed by atoms with Crippen LogP contribution in [0.5, 0.6) is 0 Å². The number of urea groups is 1. The van der Waals surface area contributed by atoms with Gasteiger partial charge < -0.3 is 16.4 Å². The zero-order valence-corrected chi connectivity index (χ0v) is 16.0. The van der Waals surface area contributed by atoms with E-state index in [1.165, 1.54) is 30.3 Å². The minimum atomic E-state index is -4.68. The molecule has 5 N–H and O–H groups in total. The molecule has 0 bridgehead atoms. The normalized spacial score (nSPS) is 11.5. The highest BCUT2D eigenvalue weighted by Gasteiger charge is 2.31. The monoisotopic (exact) mass is 447 g/mol. The van der Waals surface area contributed by atoms with E-state index in [2.05, 4.69) is 15.5 Å². The molecule has 2 amide bonds. The maximum atomic E-state index is 14.8. The highest BCUT2D eigenvalue weighted by atomic mass is 19.4. The van der Waals surface area contributed by atoms with Gasteiger partial charge >= 0.3 is 12.2 Å². The fourth-order valence-electron chi connectivity index (χ4n) is 3.11. The van der Waals surface area contributed by atoms with Crippen molar-refractivity contribution in [2.45, 2.75) is 6.18 Å². The number of carbonyl (C=O) groups excluding carboxylic acids is 1. The first-order valence-corrected chi connectivity index (χ1v) is 9.11. The number of aromatic amines is 1. The summed E-state index contributed by atoms with van der Waals surface area (Å²) in [5.41, 5.74) is 5.11. The molecule has 1 aromatic heterocycles. The van der Waals surface area contributed by atoms with Gasteiger partial charge in [-0.25, -0.2) is 13.6 Å². The molecular formula is C21H14F5N5O. The molecule has 0 fully saturated rings. The van der Waals surface area contributed by atoms with Gasteiger partial charge in [-0.05, 0) is 42.0 Å². The molecule has 0 aliphatic heterocycles.